The Morgan fingerprint density at radius 1 is 0.556 bits per heavy atom. The lowest BCUT2D eigenvalue weighted by molar-refractivity contribution is 0.00177. The number of halogens is 2. The molecule has 2 saturated heterocycles. The van der Waals surface area contributed by atoms with Gasteiger partial charge in [-0.05, 0) is 152 Å². The zero-order chi connectivity index (χ0) is 50.7. The van der Waals surface area contributed by atoms with Crippen molar-refractivity contribution in [3.63, 3.8) is 0 Å². The van der Waals surface area contributed by atoms with Crippen LogP contribution in [-0.4, -0.2) is 91.7 Å². The second-order valence-electron chi connectivity index (χ2n) is 22.6. The van der Waals surface area contributed by atoms with E-state index in [1.165, 1.54) is 47.8 Å². The van der Waals surface area contributed by atoms with Gasteiger partial charge < -0.3 is 37.9 Å². The average Bonchev–Trinajstić information content (AvgIpc) is 4.29. The van der Waals surface area contributed by atoms with Gasteiger partial charge in [0.1, 0.15) is 36.1 Å². The third-order valence-electron chi connectivity index (χ3n) is 14.6. The summed E-state index contributed by atoms with van der Waals surface area (Å²) in [7, 11) is 0. The van der Waals surface area contributed by atoms with Crippen LogP contribution in [0.5, 0.6) is 0 Å². The molecule has 384 valence electrons. The summed E-state index contributed by atoms with van der Waals surface area (Å²) in [6.07, 6.45) is 8.05. The Kier molecular flexibility index (Phi) is 15.9. The minimum absolute atomic E-state index is 0.143. The van der Waals surface area contributed by atoms with Crippen LogP contribution in [0.1, 0.15) is 116 Å². The van der Waals surface area contributed by atoms with E-state index >= 15 is 0 Å². The van der Waals surface area contributed by atoms with Gasteiger partial charge in [-0.1, -0.05) is 92.5 Å². The van der Waals surface area contributed by atoms with Crippen LogP contribution in [0.3, 0.4) is 0 Å². The Bertz CT molecular complexity index is 2700. The highest BCUT2D eigenvalue weighted by Crippen LogP contribution is 2.40. The van der Waals surface area contributed by atoms with Gasteiger partial charge in [-0.3, -0.25) is 0 Å². The van der Waals surface area contributed by atoms with Crippen LogP contribution in [0, 0.1) is 11.8 Å². The fourth-order valence-electron chi connectivity index (χ4n) is 10.2. The number of fused-ring (bicyclic) bond motifs is 2. The van der Waals surface area contributed by atoms with Gasteiger partial charge in [0.2, 0.25) is 0 Å². The van der Waals surface area contributed by atoms with Crippen LogP contribution >= 0.6 is 31.9 Å². The van der Waals surface area contributed by atoms with Gasteiger partial charge in [0.05, 0.1) is 35.3 Å². The number of piperidine rings is 2. The first kappa shape index (κ1) is 52.1. The fourth-order valence-corrected chi connectivity index (χ4v) is 10.9. The minimum Gasteiger partial charge on any atom is -0.444 e. The first-order valence-electron chi connectivity index (χ1n) is 26.0. The maximum atomic E-state index is 12.7. The fraction of sp³-hybridized carbons (Fsp3) is 0.517. The molecule has 0 unspecified atom stereocenters. The largest absolute Gasteiger partial charge is 0.444 e. The molecule has 6 aromatic rings. The Morgan fingerprint density at radius 2 is 0.972 bits per heavy atom. The number of ether oxygens (including phenoxy) is 4. The summed E-state index contributed by atoms with van der Waals surface area (Å²) >= 11 is 7.20. The molecule has 10 rings (SSSR count). The predicted octanol–water partition coefficient (Wildman–Crippen LogP) is 13.4. The lowest BCUT2D eigenvalue weighted by Gasteiger charge is -2.42. The Labute approximate surface area is 442 Å². The Hall–Kier alpha value is -4.76. The van der Waals surface area contributed by atoms with Gasteiger partial charge in [-0.15, -0.1) is 0 Å². The first-order valence-corrected chi connectivity index (χ1v) is 27.6. The number of hydrogen-bond acceptors (Lipinski definition) is 8. The molecule has 2 amide bonds. The van der Waals surface area contributed by atoms with E-state index in [0.29, 0.717) is 52.6 Å². The monoisotopic (exact) mass is 1110 g/mol. The molecule has 14 heteroatoms. The molecule has 0 spiro atoms. The van der Waals surface area contributed by atoms with Crippen LogP contribution < -0.4 is 0 Å². The molecule has 4 fully saturated rings. The van der Waals surface area contributed by atoms with Gasteiger partial charge in [-0.25, -0.2) is 19.6 Å². The third-order valence-corrected chi connectivity index (χ3v) is 15.6. The molecule has 2 aromatic heterocycles. The molecule has 0 bridgehead atoms. The lowest BCUT2D eigenvalue weighted by Crippen LogP contribution is -2.48. The lowest BCUT2D eigenvalue weighted by atomic mass is 9.73. The average molecular weight is 1110 g/mol. The van der Waals surface area contributed by atoms with Crippen molar-refractivity contribution in [2.75, 3.05) is 39.4 Å². The van der Waals surface area contributed by atoms with Crippen molar-refractivity contribution in [2.45, 2.75) is 141 Å². The van der Waals surface area contributed by atoms with Crippen LogP contribution in [0.2, 0.25) is 0 Å². The van der Waals surface area contributed by atoms with Crippen molar-refractivity contribution in [2.24, 2.45) is 11.8 Å². The van der Waals surface area contributed by atoms with Crippen molar-refractivity contribution < 1.29 is 28.5 Å². The Morgan fingerprint density at radius 3 is 1.42 bits per heavy atom. The number of nitrogens with zero attached hydrogens (tertiary/aromatic N) is 6. The molecule has 0 radical (unpaired) electrons. The maximum Gasteiger partial charge on any atom is 0.410 e. The number of hydrogen-bond donors (Lipinski definition) is 0. The number of likely N-dealkylation sites (tertiary alicyclic amines) is 2. The van der Waals surface area contributed by atoms with E-state index in [1.807, 2.05) is 69.5 Å². The Balaban J connectivity index is 0.000000178. The quantitative estimate of drug-likeness (QED) is 0.106. The van der Waals surface area contributed by atoms with Gasteiger partial charge in [0.15, 0.2) is 0 Å². The summed E-state index contributed by atoms with van der Waals surface area (Å²) in [5.74, 6) is 3.47. The van der Waals surface area contributed by atoms with E-state index in [-0.39, 0.29) is 23.0 Å². The smallest absolute Gasteiger partial charge is 0.410 e. The van der Waals surface area contributed by atoms with Crippen LogP contribution in [0.4, 0.5) is 9.59 Å². The molecule has 12 nitrogen and oxygen atoms in total. The molecule has 0 N–H and O–H groups in total. The number of benzene rings is 4. The molecule has 0 atom stereocenters. The van der Waals surface area contributed by atoms with Gasteiger partial charge >= 0.3 is 12.2 Å². The number of carbonyl (C=O) groups excluding carboxylic acids is 2. The molecule has 72 heavy (non-hydrogen) atoms. The van der Waals surface area contributed by atoms with Crippen molar-refractivity contribution in [1.82, 2.24) is 28.9 Å². The van der Waals surface area contributed by atoms with Crippen molar-refractivity contribution in [3.05, 3.63) is 129 Å². The first-order chi connectivity index (χ1) is 34.4. The van der Waals surface area contributed by atoms with Crippen LogP contribution in [0.25, 0.3) is 22.1 Å². The zero-order valence-corrected chi connectivity index (χ0v) is 46.2. The van der Waals surface area contributed by atoms with Crippen LogP contribution in [0.15, 0.2) is 106 Å². The SMILES string of the molecule is CC(C)(C)OC(=O)N1CCC(COCc2nc3cc(Br)ccc3n2CC2CC2)(c2ccccc2)CC1.CC(C)(C)OC(=O)N1CCC(COCc2nc3ccc(Br)cc3n2CC2CC2)(c2ccccc2)CC1. The van der Waals surface area contributed by atoms with E-state index in [1.54, 1.807) is 0 Å². The van der Waals surface area contributed by atoms with Crippen molar-refractivity contribution in [1.29, 1.82) is 0 Å². The number of amides is 2. The number of aromatic nitrogens is 4. The highest BCUT2D eigenvalue weighted by atomic mass is 79.9. The summed E-state index contributed by atoms with van der Waals surface area (Å²) in [5.41, 5.74) is 5.63. The predicted molar refractivity (Wildman–Crippen MR) is 290 cm³/mol. The molecule has 2 aliphatic carbocycles. The standard InChI is InChI=1S/2C29H36BrN3O3/c1-28(2,3)36-27(34)32-15-13-29(14-16-32,22-7-5-4-6-8-22)20-35-19-26-31-24-17-23(30)11-12-25(24)33(26)18-21-9-10-21;1-28(2,3)36-27(34)32-15-13-29(14-16-32,22-7-5-4-6-8-22)20-35-19-26-31-24-12-11-23(30)17-25(24)33(26)18-21-9-10-21/h2*4-8,11-12,17,21H,9-10,13-16,18-20H2,1-3H3. The molecule has 2 aliphatic heterocycles. The number of carbonyl (C=O) groups is 2. The van der Waals surface area contributed by atoms with E-state index in [9.17, 15) is 9.59 Å². The van der Waals surface area contributed by atoms with Gasteiger partial charge in [0, 0.05) is 59.0 Å². The van der Waals surface area contributed by atoms with Gasteiger partial charge in [0.25, 0.3) is 0 Å². The zero-order valence-electron chi connectivity index (χ0n) is 43.0. The van der Waals surface area contributed by atoms with Gasteiger partial charge in [-0.2, -0.15) is 0 Å². The summed E-state index contributed by atoms with van der Waals surface area (Å²) in [4.78, 5) is 38.9. The number of imidazole rings is 2. The summed E-state index contributed by atoms with van der Waals surface area (Å²) in [6, 6.07) is 33.8. The summed E-state index contributed by atoms with van der Waals surface area (Å²) in [5, 5.41) is 0. The second kappa shape index (κ2) is 22.0. The maximum absolute atomic E-state index is 12.7. The van der Waals surface area contributed by atoms with Crippen LogP contribution in [-0.2, 0) is 56.1 Å². The molecule has 2 saturated carbocycles. The molecular formula is C58H72Br2N6O6. The molecule has 4 heterocycles. The van der Waals surface area contributed by atoms with E-state index in [4.69, 9.17) is 28.9 Å². The third kappa shape index (κ3) is 13.1. The molecule has 4 aromatic carbocycles. The van der Waals surface area contributed by atoms with E-state index < -0.39 is 11.2 Å². The molecular weight excluding hydrogens is 1040 g/mol. The van der Waals surface area contributed by atoms with Crippen molar-refractivity contribution >= 4 is 66.1 Å². The normalized spacial score (nSPS) is 17.9. The second-order valence-corrected chi connectivity index (χ2v) is 24.5. The highest BCUT2D eigenvalue weighted by Gasteiger charge is 2.41. The topological polar surface area (TPSA) is 113 Å². The minimum atomic E-state index is -0.490. The molecule has 4 aliphatic rings. The highest BCUT2D eigenvalue weighted by molar-refractivity contribution is 9.10. The number of rotatable bonds is 14. The summed E-state index contributed by atoms with van der Waals surface area (Å²) in [6.45, 7) is 18.2. The van der Waals surface area contributed by atoms with E-state index in [0.717, 1.165) is 82.2 Å². The summed E-state index contributed by atoms with van der Waals surface area (Å²) < 4.78 is 31.0. The van der Waals surface area contributed by atoms with E-state index in [2.05, 4.69) is 120 Å². The van der Waals surface area contributed by atoms with Crippen molar-refractivity contribution in [3.8, 4) is 0 Å².